The van der Waals surface area contributed by atoms with Gasteiger partial charge in [-0.05, 0) is 70.7 Å². The van der Waals surface area contributed by atoms with Crippen molar-refractivity contribution in [1.82, 2.24) is 20.4 Å². The molecule has 2 saturated heterocycles. The molecule has 2 aliphatic rings. The number of hydrogen-bond acceptors (Lipinski definition) is 3. The zero-order chi connectivity index (χ0) is 20.5. The van der Waals surface area contributed by atoms with Gasteiger partial charge in [0.2, 0.25) is 0 Å². The standard InChI is InChI=1S/C24H41N5.HI/c1-4-25-24(27-23-12-16-29(17-13-23)20(2)3)26-18-21-10-6-7-11-22(21)19-28-14-8-5-9-15-28;/h6-7,10-11,20,23H,4-5,8-9,12-19H2,1-3H3,(H2,25,26,27);1H. The van der Waals surface area contributed by atoms with E-state index < -0.39 is 0 Å². The third-order valence-corrected chi connectivity index (χ3v) is 6.31. The maximum absolute atomic E-state index is 4.95. The van der Waals surface area contributed by atoms with E-state index in [-0.39, 0.29) is 24.0 Å². The van der Waals surface area contributed by atoms with Crippen molar-refractivity contribution < 1.29 is 0 Å². The Bertz CT molecular complexity index is 634. The number of nitrogens with zero attached hydrogens (tertiary/aromatic N) is 3. The number of aliphatic imine (C=N–C) groups is 1. The topological polar surface area (TPSA) is 42.9 Å². The van der Waals surface area contributed by atoms with Crippen LogP contribution < -0.4 is 10.6 Å². The summed E-state index contributed by atoms with van der Waals surface area (Å²) in [5.41, 5.74) is 2.78. The third kappa shape index (κ3) is 8.00. The molecule has 6 heteroatoms. The molecule has 0 radical (unpaired) electrons. The van der Waals surface area contributed by atoms with Crippen molar-refractivity contribution >= 4 is 29.9 Å². The van der Waals surface area contributed by atoms with Crippen LogP contribution in [0.15, 0.2) is 29.3 Å². The molecule has 0 aliphatic carbocycles. The van der Waals surface area contributed by atoms with E-state index in [1.54, 1.807) is 0 Å². The van der Waals surface area contributed by atoms with E-state index in [0.29, 0.717) is 12.1 Å². The van der Waals surface area contributed by atoms with E-state index in [0.717, 1.165) is 25.6 Å². The predicted octanol–water partition coefficient (Wildman–Crippen LogP) is 4.22. The monoisotopic (exact) mass is 527 g/mol. The Labute approximate surface area is 201 Å². The number of hydrogen-bond donors (Lipinski definition) is 2. The summed E-state index contributed by atoms with van der Waals surface area (Å²) in [4.78, 5) is 10.1. The van der Waals surface area contributed by atoms with Crippen LogP contribution in [-0.4, -0.2) is 60.6 Å². The molecule has 5 nitrogen and oxygen atoms in total. The third-order valence-electron chi connectivity index (χ3n) is 6.31. The van der Waals surface area contributed by atoms with Gasteiger partial charge in [0.05, 0.1) is 6.54 Å². The second-order valence-corrected chi connectivity index (χ2v) is 8.85. The first-order valence-corrected chi connectivity index (χ1v) is 11.7. The molecule has 0 saturated carbocycles. The minimum absolute atomic E-state index is 0. The number of halogens is 1. The molecule has 0 unspecified atom stereocenters. The van der Waals surface area contributed by atoms with Crippen LogP contribution in [0.3, 0.4) is 0 Å². The summed E-state index contributed by atoms with van der Waals surface area (Å²) < 4.78 is 0. The Balaban J connectivity index is 0.00000320. The second-order valence-electron chi connectivity index (χ2n) is 8.85. The molecule has 3 rings (SSSR count). The van der Waals surface area contributed by atoms with E-state index in [2.05, 4.69) is 65.5 Å². The number of rotatable bonds is 7. The van der Waals surface area contributed by atoms with Gasteiger partial charge in [-0.1, -0.05) is 30.7 Å². The highest BCUT2D eigenvalue weighted by molar-refractivity contribution is 14.0. The van der Waals surface area contributed by atoms with Crippen LogP contribution in [-0.2, 0) is 13.1 Å². The summed E-state index contributed by atoms with van der Waals surface area (Å²) in [6.07, 6.45) is 6.44. The lowest BCUT2D eigenvalue weighted by molar-refractivity contribution is 0.167. The summed E-state index contributed by atoms with van der Waals surface area (Å²) in [5, 5.41) is 7.14. The van der Waals surface area contributed by atoms with Gasteiger partial charge in [0.25, 0.3) is 0 Å². The van der Waals surface area contributed by atoms with E-state index in [9.17, 15) is 0 Å². The van der Waals surface area contributed by atoms with Crippen LogP contribution in [0, 0.1) is 0 Å². The van der Waals surface area contributed by atoms with E-state index in [1.807, 2.05) is 0 Å². The fourth-order valence-electron chi connectivity index (χ4n) is 4.46. The summed E-state index contributed by atoms with van der Waals surface area (Å²) in [7, 11) is 0. The Hall–Kier alpha value is -0.860. The van der Waals surface area contributed by atoms with Crippen molar-refractivity contribution in [2.24, 2.45) is 4.99 Å². The van der Waals surface area contributed by atoms with Gasteiger partial charge >= 0.3 is 0 Å². The first-order chi connectivity index (χ1) is 14.2. The summed E-state index contributed by atoms with van der Waals surface area (Å²) >= 11 is 0. The van der Waals surface area contributed by atoms with Gasteiger partial charge in [-0.3, -0.25) is 4.90 Å². The van der Waals surface area contributed by atoms with Crippen molar-refractivity contribution in [2.45, 2.75) is 78.0 Å². The Kier molecular flexibility index (Phi) is 11.5. The lowest BCUT2D eigenvalue weighted by atomic mass is 10.0. The van der Waals surface area contributed by atoms with Gasteiger partial charge in [0, 0.05) is 38.3 Å². The number of nitrogens with one attached hydrogen (secondary N) is 2. The maximum atomic E-state index is 4.95. The fraction of sp³-hybridized carbons (Fsp3) is 0.708. The van der Waals surface area contributed by atoms with Crippen LogP contribution >= 0.6 is 24.0 Å². The molecule has 2 N–H and O–H groups in total. The molecule has 1 aromatic carbocycles. The molecule has 0 atom stereocenters. The fourth-order valence-corrected chi connectivity index (χ4v) is 4.46. The minimum atomic E-state index is 0. The Morgan fingerprint density at radius 1 is 1.03 bits per heavy atom. The largest absolute Gasteiger partial charge is 0.357 e. The average molecular weight is 528 g/mol. The zero-order valence-electron chi connectivity index (χ0n) is 19.2. The number of guanidine groups is 1. The Morgan fingerprint density at radius 3 is 2.33 bits per heavy atom. The van der Waals surface area contributed by atoms with Gasteiger partial charge in [-0.25, -0.2) is 4.99 Å². The van der Waals surface area contributed by atoms with Crippen molar-refractivity contribution in [1.29, 1.82) is 0 Å². The summed E-state index contributed by atoms with van der Waals surface area (Å²) in [6.45, 7) is 14.2. The highest BCUT2D eigenvalue weighted by atomic mass is 127. The Morgan fingerprint density at radius 2 is 1.70 bits per heavy atom. The highest BCUT2D eigenvalue weighted by Crippen LogP contribution is 2.17. The average Bonchev–Trinajstić information content (AvgIpc) is 2.74. The molecule has 2 aliphatic heterocycles. The van der Waals surface area contributed by atoms with Crippen LogP contribution in [0.4, 0.5) is 0 Å². The van der Waals surface area contributed by atoms with Gasteiger partial charge < -0.3 is 15.5 Å². The molecule has 0 spiro atoms. The molecule has 0 amide bonds. The van der Waals surface area contributed by atoms with Crippen molar-refractivity contribution in [3.8, 4) is 0 Å². The van der Waals surface area contributed by atoms with Crippen molar-refractivity contribution in [3.63, 3.8) is 0 Å². The van der Waals surface area contributed by atoms with E-state index in [4.69, 9.17) is 4.99 Å². The minimum Gasteiger partial charge on any atom is -0.357 e. The van der Waals surface area contributed by atoms with Gasteiger partial charge in [-0.2, -0.15) is 0 Å². The van der Waals surface area contributed by atoms with Gasteiger partial charge in [0.1, 0.15) is 0 Å². The quantitative estimate of drug-likeness (QED) is 0.317. The normalized spacial score (nSPS) is 19.5. The molecule has 30 heavy (non-hydrogen) atoms. The van der Waals surface area contributed by atoms with Crippen LogP contribution in [0.25, 0.3) is 0 Å². The highest BCUT2D eigenvalue weighted by Gasteiger charge is 2.21. The van der Waals surface area contributed by atoms with E-state index in [1.165, 1.54) is 69.4 Å². The number of likely N-dealkylation sites (tertiary alicyclic amines) is 2. The summed E-state index contributed by atoms with van der Waals surface area (Å²) in [5.74, 6) is 0.961. The number of benzene rings is 1. The van der Waals surface area contributed by atoms with Crippen LogP contribution in [0.2, 0.25) is 0 Å². The molecule has 170 valence electrons. The van der Waals surface area contributed by atoms with Crippen molar-refractivity contribution in [2.75, 3.05) is 32.7 Å². The molecule has 1 aromatic rings. The predicted molar refractivity (Wildman–Crippen MR) is 139 cm³/mol. The lowest BCUT2D eigenvalue weighted by Crippen LogP contribution is -2.49. The zero-order valence-corrected chi connectivity index (χ0v) is 21.5. The first-order valence-electron chi connectivity index (χ1n) is 11.7. The lowest BCUT2D eigenvalue weighted by Gasteiger charge is -2.35. The van der Waals surface area contributed by atoms with Crippen LogP contribution in [0.5, 0.6) is 0 Å². The molecule has 0 aromatic heterocycles. The van der Waals surface area contributed by atoms with Crippen molar-refractivity contribution in [3.05, 3.63) is 35.4 Å². The van der Waals surface area contributed by atoms with Gasteiger partial charge in [0.15, 0.2) is 5.96 Å². The first kappa shape index (κ1) is 25.4. The smallest absolute Gasteiger partial charge is 0.191 e. The number of piperidine rings is 2. The van der Waals surface area contributed by atoms with Gasteiger partial charge in [-0.15, -0.1) is 24.0 Å². The SMILES string of the molecule is CCNC(=NCc1ccccc1CN1CCCCC1)NC1CCN(C(C)C)CC1.I. The second kappa shape index (κ2) is 13.5. The summed E-state index contributed by atoms with van der Waals surface area (Å²) in [6, 6.07) is 10.0. The van der Waals surface area contributed by atoms with E-state index >= 15 is 0 Å². The maximum Gasteiger partial charge on any atom is 0.191 e. The molecular weight excluding hydrogens is 485 g/mol. The van der Waals surface area contributed by atoms with Crippen LogP contribution in [0.1, 0.15) is 64.0 Å². The molecule has 2 fully saturated rings. The molecule has 2 heterocycles. The molecular formula is C24H42IN5. The molecule has 0 bridgehead atoms.